The molecule has 3 heterocycles. The Kier molecular flexibility index (Phi) is 6.02. The van der Waals surface area contributed by atoms with Crippen molar-refractivity contribution < 1.29 is 13.9 Å². The highest BCUT2D eigenvalue weighted by Gasteiger charge is 2.26. The number of carbonyl (C=O) groups is 1. The molecule has 1 N–H and O–H groups in total. The number of ether oxygens (including phenoxy) is 1. The van der Waals surface area contributed by atoms with Crippen LogP contribution in [0.3, 0.4) is 0 Å². The van der Waals surface area contributed by atoms with E-state index < -0.39 is 5.82 Å². The quantitative estimate of drug-likeness (QED) is 0.460. The highest BCUT2D eigenvalue weighted by Crippen LogP contribution is 2.32. The summed E-state index contributed by atoms with van der Waals surface area (Å²) < 4.78 is 20.7. The fraction of sp³-hybridized carbons (Fsp3) is 0.240. The lowest BCUT2D eigenvalue weighted by Gasteiger charge is -2.27. The van der Waals surface area contributed by atoms with Gasteiger partial charge in [-0.1, -0.05) is 24.3 Å². The predicted octanol–water partition coefficient (Wildman–Crippen LogP) is 4.44. The third-order valence-corrected chi connectivity index (χ3v) is 7.16. The SMILES string of the molecule is COc1ccc(CCn2cnc3sc4c(c3c2=O)CCN(C(=O)Nc2ccccc2F)C4)cc1. The van der Waals surface area contributed by atoms with Gasteiger partial charge < -0.3 is 15.0 Å². The number of halogens is 1. The van der Waals surface area contributed by atoms with Gasteiger partial charge in [0, 0.05) is 18.0 Å². The van der Waals surface area contributed by atoms with Gasteiger partial charge in [-0.15, -0.1) is 11.3 Å². The number of hydrogen-bond acceptors (Lipinski definition) is 5. The van der Waals surface area contributed by atoms with Crippen LogP contribution in [0.1, 0.15) is 16.0 Å². The first-order valence-electron chi connectivity index (χ1n) is 11.0. The maximum Gasteiger partial charge on any atom is 0.322 e. The van der Waals surface area contributed by atoms with E-state index in [1.165, 1.54) is 23.5 Å². The van der Waals surface area contributed by atoms with E-state index >= 15 is 0 Å². The smallest absolute Gasteiger partial charge is 0.322 e. The molecule has 0 saturated heterocycles. The minimum atomic E-state index is -0.477. The molecule has 0 fully saturated rings. The number of anilines is 1. The number of aromatic nitrogens is 2. The fourth-order valence-electron chi connectivity index (χ4n) is 4.15. The van der Waals surface area contributed by atoms with Gasteiger partial charge in [-0.3, -0.25) is 9.36 Å². The van der Waals surface area contributed by atoms with Gasteiger partial charge in [0.05, 0.1) is 31.1 Å². The van der Waals surface area contributed by atoms with Gasteiger partial charge in [0.2, 0.25) is 0 Å². The second-order valence-corrected chi connectivity index (χ2v) is 9.19. The standard InChI is InChI=1S/C25H23FN4O3S/c1-33-17-8-6-16(7-9-17)10-12-30-15-27-23-22(24(30)31)18-11-13-29(14-21(18)34-23)25(32)28-20-5-3-2-4-19(20)26/h2-9,15H,10-14H2,1H3,(H,28,32). The molecule has 7 nitrogen and oxygen atoms in total. The number of methoxy groups -OCH3 is 1. The van der Waals surface area contributed by atoms with E-state index in [4.69, 9.17) is 4.74 Å². The van der Waals surface area contributed by atoms with Crippen molar-refractivity contribution in [3.8, 4) is 5.75 Å². The summed E-state index contributed by atoms with van der Waals surface area (Å²) in [5.74, 6) is 0.320. The summed E-state index contributed by atoms with van der Waals surface area (Å²) in [6.45, 7) is 1.33. The van der Waals surface area contributed by atoms with Gasteiger partial charge in [-0.2, -0.15) is 0 Å². The van der Waals surface area contributed by atoms with Crippen molar-refractivity contribution in [3.05, 3.63) is 87.0 Å². The summed E-state index contributed by atoms with van der Waals surface area (Å²) in [5, 5.41) is 3.28. The Hall–Kier alpha value is -3.72. The van der Waals surface area contributed by atoms with Crippen LogP contribution in [0, 0.1) is 5.82 Å². The number of benzene rings is 2. The molecule has 1 aliphatic rings. The molecule has 0 aliphatic carbocycles. The van der Waals surface area contributed by atoms with Crippen LogP contribution in [-0.4, -0.2) is 34.1 Å². The van der Waals surface area contributed by atoms with E-state index in [1.807, 2.05) is 24.3 Å². The molecule has 34 heavy (non-hydrogen) atoms. The number of rotatable bonds is 5. The number of amides is 2. The highest BCUT2D eigenvalue weighted by atomic mass is 32.1. The number of nitrogens with zero attached hydrogens (tertiary/aromatic N) is 3. The van der Waals surface area contributed by atoms with Crippen LogP contribution in [0.15, 0.2) is 59.7 Å². The molecule has 4 aromatic rings. The molecular weight excluding hydrogens is 455 g/mol. The molecular formula is C25H23FN4O3S. The molecule has 2 aromatic heterocycles. The molecule has 2 aromatic carbocycles. The normalized spacial score (nSPS) is 13.1. The molecule has 0 atom stereocenters. The number of hydrogen-bond donors (Lipinski definition) is 1. The Morgan fingerprint density at radius 2 is 2.00 bits per heavy atom. The molecule has 0 radical (unpaired) electrons. The van der Waals surface area contributed by atoms with Gasteiger partial charge in [0.1, 0.15) is 16.4 Å². The van der Waals surface area contributed by atoms with Crippen LogP contribution in [0.2, 0.25) is 0 Å². The van der Waals surface area contributed by atoms with E-state index in [9.17, 15) is 14.0 Å². The monoisotopic (exact) mass is 478 g/mol. The summed E-state index contributed by atoms with van der Waals surface area (Å²) >= 11 is 1.44. The Morgan fingerprint density at radius 1 is 1.21 bits per heavy atom. The summed E-state index contributed by atoms with van der Waals surface area (Å²) in [4.78, 5) is 33.7. The summed E-state index contributed by atoms with van der Waals surface area (Å²) in [7, 11) is 1.63. The lowest BCUT2D eigenvalue weighted by molar-refractivity contribution is 0.207. The second-order valence-electron chi connectivity index (χ2n) is 8.11. The van der Waals surface area contributed by atoms with E-state index in [0.717, 1.165) is 21.8 Å². The number of fused-ring (bicyclic) bond motifs is 3. The van der Waals surface area contributed by atoms with Crippen LogP contribution in [0.4, 0.5) is 14.9 Å². The summed E-state index contributed by atoms with van der Waals surface area (Å²) in [6, 6.07) is 13.5. The lowest BCUT2D eigenvalue weighted by atomic mass is 10.1. The number of para-hydroxylation sites is 1. The molecule has 9 heteroatoms. The van der Waals surface area contributed by atoms with Crippen LogP contribution in [0.5, 0.6) is 5.75 Å². The zero-order valence-corrected chi connectivity index (χ0v) is 19.4. The number of aryl methyl sites for hydroxylation is 2. The Labute approximate surface area is 199 Å². The lowest BCUT2D eigenvalue weighted by Crippen LogP contribution is -2.38. The largest absolute Gasteiger partial charge is 0.497 e. The van der Waals surface area contributed by atoms with Crippen molar-refractivity contribution in [1.82, 2.24) is 14.5 Å². The number of nitrogens with one attached hydrogen (secondary N) is 1. The Balaban J connectivity index is 1.33. The maximum absolute atomic E-state index is 13.9. The molecule has 1 aliphatic heterocycles. The van der Waals surface area contributed by atoms with Crippen molar-refractivity contribution in [2.75, 3.05) is 19.0 Å². The Bertz CT molecular complexity index is 1410. The van der Waals surface area contributed by atoms with Gasteiger partial charge >= 0.3 is 6.03 Å². The number of urea groups is 1. The average molecular weight is 479 g/mol. The molecule has 0 saturated carbocycles. The van der Waals surface area contributed by atoms with Crippen LogP contribution < -0.4 is 15.6 Å². The zero-order valence-electron chi connectivity index (χ0n) is 18.6. The predicted molar refractivity (Wildman–Crippen MR) is 130 cm³/mol. The van der Waals surface area contributed by atoms with Crippen LogP contribution in [0.25, 0.3) is 10.2 Å². The van der Waals surface area contributed by atoms with Crippen molar-refractivity contribution in [2.24, 2.45) is 0 Å². The highest BCUT2D eigenvalue weighted by molar-refractivity contribution is 7.18. The van der Waals surface area contributed by atoms with Crippen molar-refractivity contribution in [3.63, 3.8) is 0 Å². The first kappa shape index (κ1) is 22.1. The van der Waals surface area contributed by atoms with Gasteiger partial charge in [-0.25, -0.2) is 14.2 Å². The number of thiophene rings is 1. The van der Waals surface area contributed by atoms with E-state index in [2.05, 4.69) is 10.3 Å². The van der Waals surface area contributed by atoms with Crippen molar-refractivity contribution in [1.29, 1.82) is 0 Å². The fourth-order valence-corrected chi connectivity index (χ4v) is 5.34. The van der Waals surface area contributed by atoms with Gasteiger partial charge in [0.25, 0.3) is 5.56 Å². The van der Waals surface area contributed by atoms with Gasteiger partial charge in [0.15, 0.2) is 0 Å². The summed E-state index contributed by atoms with van der Waals surface area (Å²) in [6.07, 6.45) is 2.85. The second kappa shape index (κ2) is 9.26. The van der Waals surface area contributed by atoms with Crippen LogP contribution in [-0.2, 0) is 25.9 Å². The third-order valence-electron chi connectivity index (χ3n) is 6.03. The maximum atomic E-state index is 13.9. The minimum absolute atomic E-state index is 0.0553. The van der Waals surface area contributed by atoms with E-state index in [1.54, 1.807) is 35.0 Å². The molecule has 2 amide bonds. The van der Waals surface area contributed by atoms with Crippen LogP contribution >= 0.6 is 11.3 Å². The minimum Gasteiger partial charge on any atom is -0.497 e. The molecule has 0 unspecified atom stereocenters. The molecule has 5 rings (SSSR count). The first-order valence-corrected chi connectivity index (χ1v) is 11.8. The third kappa shape index (κ3) is 4.26. The molecule has 0 bridgehead atoms. The topological polar surface area (TPSA) is 76.5 Å². The zero-order chi connectivity index (χ0) is 23.7. The van der Waals surface area contributed by atoms with E-state index in [0.29, 0.717) is 42.7 Å². The van der Waals surface area contributed by atoms with Crippen molar-refractivity contribution >= 4 is 33.3 Å². The van der Waals surface area contributed by atoms with Crippen molar-refractivity contribution in [2.45, 2.75) is 25.9 Å². The molecule has 174 valence electrons. The summed E-state index contributed by atoms with van der Waals surface area (Å²) in [5.41, 5.74) is 2.17. The Morgan fingerprint density at radius 3 is 2.76 bits per heavy atom. The number of carbonyl (C=O) groups excluding carboxylic acids is 1. The van der Waals surface area contributed by atoms with E-state index in [-0.39, 0.29) is 17.3 Å². The average Bonchev–Trinajstić information content (AvgIpc) is 3.24. The first-order chi connectivity index (χ1) is 16.5. The van der Waals surface area contributed by atoms with Gasteiger partial charge in [-0.05, 0) is 48.2 Å². The molecule has 0 spiro atoms.